The van der Waals surface area contributed by atoms with Crippen molar-refractivity contribution in [2.45, 2.75) is 76.3 Å². The van der Waals surface area contributed by atoms with E-state index >= 15 is 22.8 Å². The van der Waals surface area contributed by atoms with Crippen LogP contribution in [-0.2, 0) is 48.1 Å². The van der Waals surface area contributed by atoms with Crippen molar-refractivity contribution in [1.82, 2.24) is 4.31 Å². The smallest absolute Gasteiger partial charge is 0.345 e. The predicted molar refractivity (Wildman–Crippen MR) is 192 cm³/mol. The van der Waals surface area contributed by atoms with Crippen molar-refractivity contribution in [3.05, 3.63) is 89.0 Å². The Labute approximate surface area is 310 Å². The number of ether oxygens (including phenoxy) is 7. The van der Waals surface area contributed by atoms with Crippen molar-refractivity contribution in [3.63, 3.8) is 0 Å². The van der Waals surface area contributed by atoms with Crippen molar-refractivity contribution in [2.75, 3.05) is 40.6 Å². The lowest BCUT2D eigenvalue weighted by Crippen LogP contribution is -2.73. The first-order valence-corrected chi connectivity index (χ1v) is 19.0. The van der Waals surface area contributed by atoms with Gasteiger partial charge in [-0.3, -0.25) is 4.79 Å². The Kier molecular flexibility index (Phi) is 11.6. The number of carbonyl (C=O) groups excluding carboxylic acids is 3. The molecule has 14 heteroatoms. The SMILES string of the molecule is CCOC(=O)C1(C(=O)OCC)N(S(=O)(=O)c2ccc(C)cc2)[C@H](c2ccc(C)cc2)[C@]2(C(=O)OCC)C[C@H](c3ccc(OC)c(OC)c3)O[C@]12OCC. The highest BCUT2D eigenvalue weighted by Crippen LogP contribution is 2.72. The molecule has 0 spiro atoms. The number of hydrogen-bond donors (Lipinski definition) is 0. The second-order valence-electron chi connectivity index (χ2n) is 12.7. The topological polar surface area (TPSA) is 153 Å². The van der Waals surface area contributed by atoms with E-state index in [1.165, 1.54) is 40.2 Å². The summed E-state index contributed by atoms with van der Waals surface area (Å²) in [6.07, 6.45) is -1.42. The van der Waals surface area contributed by atoms with E-state index in [9.17, 15) is 0 Å². The fraction of sp³-hybridized carbons (Fsp3) is 0.462. The number of fused-ring (bicyclic) bond motifs is 1. The molecule has 286 valence electrons. The number of nitrogens with zero attached hydrogens (tertiary/aromatic N) is 1. The maximum absolute atomic E-state index is 15.5. The number of sulfonamides is 1. The lowest BCUT2D eigenvalue weighted by molar-refractivity contribution is -0.290. The van der Waals surface area contributed by atoms with Gasteiger partial charge >= 0.3 is 17.9 Å². The van der Waals surface area contributed by atoms with E-state index < -0.39 is 56.8 Å². The van der Waals surface area contributed by atoms with Crippen LogP contribution in [0.2, 0.25) is 0 Å². The van der Waals surface area contributed by atoms with Gasteiger partial charge in [0.25, 0.3) is 5.54 Å². The molecular formula is C39H47NO12S. The Morgan fingerprint density at radius 2 is 1.23 bits per heavy atom. The maximum Gasteiger partial charge on any atom is 0.345 e. The van der Waals surface area contributed by atoms with Crippen LogP contribution in [0.3, 0.4) is 0 Å². The minimum atomic E-state index is -4.96. The molecule has 2 saturated heterocycles. The highest BCUT2D eigenvalue weighted by atomic mass is 32.2. The van der Waals surface area contributed by atoms with Crippen LogP contribution >= 0.6 is 0 Å². The van der Waals surface area contributed by atoms with E-state index in [2.05, 4.69) is 0 Å². The monoisotopic (exact) mass is 753 g/mol. The molecular weight excluding hydrogens is 706 g/mol. The van der Waals surface area contributed by atoms with Crippen LogP contribution in [-0.4, -0.2) is 82.6 Å². The standard InChI is InChI=1S/C39H47NO12S/c1-9-48-34(41)37-24-32(28-19-22-30(46-7)31(23-28)47-8)52-39(37,51-12-4)38(35(42)49-10-2,36(43)50-11-3)40(33(37)27-17-13-25(5)14-18-27)53(44,45)29-20-15-26(6)16-21-29/h13-23,32-33H,9-12,24H2,1-8H3/t32-,33-,37+,39+/m1/s1. The van der Waals surface area contributed by atoms with Crippen LogP contribution in [0.4, 0.5) is 0 Å². The zero-order valence-corrected chi connectivity index (χ0v) is 32.1. The average molecular weight is 754 g/mol. The van der Waals surface area contributed by atoms with Gasteiger partial charge in [-0.2, -0.15) is 4.31 Å². The largest absolute Gasteiger partial charge is 0.493 e. The molecule has 3 aromatic carbocycles. The summed E-state index contributed by atoms with van der Waals surface area (Å²) in [4.78, 5) is 45.0. The fourth-order valence-electron chi connectivity index (χ4n) is 7.63. The van der Waals surface area contributed by atoms with Crippen LogP contribution in [0.15, 0.2) is 71.6 Å². The molecule has 0 bridgehead atoms. The molecule has 3 aromatic rings. The van der Waals surface area contributed by atoms with Gasteiger partial charge in [-0.1, -0.05) is 53.6 Å². The maximum atomic E-state index is 15.5. The van der Waals surface area contributed by atoms with Crippen molar-refractivity contribution in [2.24, 2.45) is 5.41 Å². The fourth-order valence-corrected chi connectivity index (χ4v) is 9.54. The van der Waals surface area contributed by atoms with Gasteiger partial charge in [-0.25, -0.2) is 18.0 Å². The molecule has 2 heterocycles. The van der Waals surface area contributed by atoms with Crippen molar-refractivity contribution in [3.8, 4) is 11.5 Å². The van der Waals surface area contributed by atoms with Gasteiger partial charge in [0.1, 0.15) is 5.41 Å². The van der Waals surface area contributed by atoms with E-state index in [0.29, 0.717) is 17.1 Å². The molecule has 13 nitrogen and oxygen atoms in total. The van der Waals surface area contributed by atoms with Gasteiger partial charge < -0.3 is 33.2 Å². The van der Waals surface area contributed by atoms with E-state index in [0.717, 1.165) is 15.4 Å². The number of benzene rings is 3. The van der Waals surface area contributed by atoms with Crippen LogP contribution < -0.4 is 9.47 Å². The van der Waals surface area contributed by atoms with Gasteiger partial charge in [0, 0.05) is 13.0 Å². The Hall–Kier alpha value is -4.50. The number of methoxy groups -OCH3 is 2. The van der Waals surface area contributed by atoms with E-state index in [-0.39, 0.29) is 43.3 Å². The summed E-state index contributed by atoms with van der Waals surface area (Å²) in [5, 5.41) is 0. The van der Waals surface area contributed by atoms with Gasteiger partial charge in [0.2, 0.25) is 15.8 Å². The van der Waals surface area contributed by atoms with Crippen LogP contribution in [0.1, 0.15) is 68.5 Å². The number of rotatable bonds is 14. The Bertz CT molecular complexity index is 1910. The molecule has 2 aliphatic rings. The lowest BCUT2D eigenvalue weighted by atomic mass is 9.67. The van der Waals surface area contributed by atoms with Crippen LogP contribution in [0.5, 0.6) is 11.5 Å². The van der Waals surface area contributed by atoms with Gasteiger partial charge in [0.05, 0.1) is 51.1 Å². The van der Waals surface area contributed by atoms with Crippen LogP contribution in [0, 0.1) is 19.3 Å². The summed E-state index contributed by atoms with van der Waals surface area (Å²) in [6, 6.07) is 16.0. The first-order valence-electron chi connectivity index (χ1n) is 17.5. The Morgan fingerprint density at radius 3 is 1.74 bits per heavy atom. The second kappa shape index (κ2) is 15.5. The molecule has 53 heavy (non-hydrogen) atoms. The Morgan fingerprint density at radius 1 is 0.717 bits per heavy atom. The molecule has 2 aliphatic heterocycles. The highest BCUT2D eigenvalue weighted by Gasteiger charge is 2.92. The third-order valence-corrected chi connectivity index (χ3v) is 11.7. The molecule has 5 rings (SSSR count). The minimum absolute atomic E-state index is 0.138. The normalized spacial score (nSPS) is 23.5. The van der Waals surface area contributed by atoms with Crippen molar-refractivity contribution >= 4 is 27.9 Å². The molecule has 0 amide bonds. The predicted octanol–water partition coefficient (Wildman–Crippen LogP) is 5.38. The summed E-state index contributed by atoms with van der Waals surface area (Å²) in [5.74, 6) is -5.64. The van der Waals surface area contributed by atoms with Crippen molar-refractivity contribution in [1.29, 1.82) is 0 Å². The highest BCUT2D eigenvalue weighted by molar-refractivity contribution is 7.89. The third-order valence-electron chi connectivity index (χ3n) is 9.79. The zero-order chi connectivity index (χ0) is 38.8. The number of esters is 3. The number of hydrogen-bond acceptors (Lipinski definition) is 12. The molecule has 2 fully saturated rings. The lowest BCUT2D eigenvalue weighted by Gasteiger charge is -2.44. The third kappa shape index (κ3) is 6.05. The first kappa shape index (κ1) is 39.7. The van der Waals surface area contributed by atoms with Gasteiger partial charge in [-0.05, 0) is 76.9 Å². The van der Waals surface area contributed by atoms with E-state index in [1.807, 2.05) is 6.92 Å². The van der Waals surface area contributed by atoms with Crippen LogP contribution in [0.25, 0.3) is 0 Å². The summed E-state index contributed by atoms with van der Waals surface area (Å²) >= 11 is 0. The van der Waals surface area contributed by atoms with Gasteiger partial charge in [0.15, 0.2) is 11.5 Å². The quantitative estimate of drug-likeness (QED) is 0.118. The molecule has 0 saturated carbocycles. The zero-order valence-electron chi connectivity index (χ0n) is 31.3. The molecule has 0 aromatic heterocycles. The molecule has 0 N–H and O–H groups in total. The average Bonchev–Trinajstić information content (AvgIpc) is 3.59. The summed E-state index contributed by atoms with van der Waals surface area (Å²) in [5.41, 5.74) is -3.05. The van der Waals surface area contributed by atoms with E-state index in [4.69, 9.17) is 33.2 Å². The molecule has 0 unspecified atom stereocenters. The number of carbonyl (C=O) groups is 3. The summed E-state index contributed by atoms with van der Waals surface area (Å²) in [7, 11) is -2.01. The van der Waals surface area contributed by atoms with E-state index in [1.54, 1.807) is 75.4 Å². The summed E-state index contributed by atoms with van der Waals surface area (Å²) < 4.78 is 73.3. The molecule has 0 aliphatic carbocycles. The second-order valence-corrected chi connectivity index (χ2v) is 14.6. The number of aryl methyl sites for hydroxylation is 2. The minimum Gasteiger partial charge on any atom is -0.493 e. The first-order chi connectivity index (χ1) is 25.3. The Balaban J connectivity index is 2.02. The van der Waals surface area contributed by atoms with Crippen molar-refractivity contribution < 1.29 is 56.0 Å². The van der Waals surface area contributed by atoms with Gasteiger partial charge in [-0.15, -0.1) is 0 Å². The summed E-state index contributed by atoms with van der Waals surface area (Å²) in [6.45, 7) is 8.89. The molecule has 0 radical (unpaired) electrons. The molecule has 4 atom stereocenters.